The van der Waals surface area contributed by atoms with E-state index in [1.165, 1.54) is 16.7 Å². The van der Waals surface area contributed by atoms with Crippen molar-refractivity contribution in [1.82, 2.24) is 4.98 Å². The first kappa shape index (κ1) is 25.7. The lowest BCUT2D eigenvalue weighted by molar-refractivity contribution is 0.103. The molecule has 36 heavy (non-hydrogen) atoms. The first-order valence-electron chi connectivity index (χ1n) is 12.8. The van der Waals surface area contributed by atoms with Crippen molar-refractivity contribution < 1.29 is 4.79 Å². The minimum atomic E-state index is 0.0393. The van der Waals surface area contributed by atoms with E-state index >= 15 is 0 Å². The van der Waals surface area contributed by atoms with Crippen LogP contribution in [0.1, 0.15) is 85.4 Å². The van der Waals surface area contributed by atoms with Gasteiger partial charge in [0.25, 0.3) is 0 Å². The molecule has 2 nitrogen and oxygen atoms in total. The molecule has 0 aliphatic carbocycles. The van der Waals surface area contributed by atoms with Gasteiger partial charge in [-0.3, -0.25) is 4.79 Å². The van der Waals surface area contributed by atoms with E-state index in [-0.39, 0.29) is 16.6 Å². The highest BCUT2D eigenvalue weighted by molar-refractivity contribution is 6.14. The third-order valence-corrected chi connectivity index (χ3v) is 7.07. The van der Waals surface area contributed by atoms with Gasteiger partial charge in [0.05, 0.1) is 5.69 Å². The number of aryl methyl sites for hydroxylation is 3. The van der Waals surface area contributed by atoms with Gasteiger partial charge < -0.3 is 4.98 Å². The van der Waals surface area contributed by atoms with Crippen LogP contribution in [0.2, 0.25) is 0 Å². The average Bonchev–Trinajstić information content (AvgIpc) is 3.23. The summed E-state index contributed by atoms with van der Waals surface area (Å²) >= 11 is 0. The molecule has 4 rings (SSSR count). The molecule has 0 amide bonds. The molecule has 0 bridgehead atoms. The Kier molecular flexibility index (Phi) is 6.60. The van der Waals surface area contributed by atoms with Crippen LogP contribution in [0.3, 0.4) is 0 Å². The molecule has 0 radical (unpaired) electrons. The summed E-state index contributed by atoms with van der Waals surface area (Å²) in [4.78, 5) is 17.5. The molecule has 3 aromatic carbocycles. The van der Waals surface area contributed by atoms with Gasteiger partial charge in [0.15, 0.2) is 0 Å². The van der Waals surface area contributed by atoms with Crippen molar-refractivity contribution in [2.24, 2.45) is 0 Å². The lowest BCUT2D eigenvalue weighted by atomic mass is 9.86. The van der Waals surface area contributed by atoms with E-state index in [1.807, 2.05) is 13.8 Å². The van der Waals surface area contributed by atoms with Crippen LogP contribution < -0.4 is 0 Å². The van der Waals surface area contributed by atoms with Crippen LogP contribution in [0.4, 0.5) is 0 Å². The predicted molar refractivity (Wildman–Crippen MR) is 153 cm³/mol. The Morgan fingerprint density at radius 3 is 1.53 bits per heavy atom. The molecule has 1 N–H and O–H groups in total. The number of H-pyrrole nitrogens is 1. The highest BCUT2D eigenvalue weighted by Crippen LogP contribution is 2.35. The highest BCUT2D eigenvalue weighted by atomic mass is 16.1. The molecule has 0 saturated carbocycles. The second kappa shape index (κ2) is 9.24. The molecular formula is C34H39NO. The number of ketones is 1. The van der Waals surface area contributed by atoms with E-state index in [4.69, 9.17) is 0 Å². The van der Waals surface area contributed by atoms with Crippen LogP contribution in [-0.2, 0) is 10.8 Å². The number of rotatable bonds is 4. The molecule has 0 atom stereocenters. The summed E-state index contributed by atoms with van der Waals surface area (Å²) in [5.41, 5.74) is 11.4. The quantitative estimate of drug-likeness (QED) is 0.292. The number of benzene rings is 3. The summed E-state index contributed by atoms with van der Waals surface area (Å²) in [5.74, 6) is 0.0393. The number of nitrogens with one attached hydrogen (secondary N) is 1. The Balaban J connectivity index is 1.86. The zero-order chi connectivity index (χ0) is 26.4. The van der Waals surface area contributed by atoms with E-state index in [2.05, 4.69) is 120 Å². The zero-order valence-corrected chi connectivity index (χ0v) is 23.3. The number of hydrogen-bond acceptors (Lipinski definition) is 1. The maximum absolute atomic E-state index is 14.0. The molecule has 0 saturated heterocycles. The average molecular weight is 478 g/mol. The fourth-order valence-corrected chi connectivity index (χ4v) is 4.98. The minimum absolute atomic E-state index is 0.0393. The number of aromatic nitrogens is 1. The molecular weight excluding hydrogens is 438 g/mol. The molecule has 4 aromatic rings. The molecule has 0 aliphatic rings. The van der Waals surface area contributed by atoms with Crippen LogP contribution >= 0.6 is 0 Å². The second-order valence-corrected chi connectivity index (χ2v) is 12.2. The lowest BCUT2D eigenvalue weighted by Gasteiger charge is -2.19. The maximum Gasteiger partial charge on any atom is 0.210 e. The van der Waals surface area contributed by atoms with E-state index in [1.54, 1.807) is 0 Å². The first-order chi connectivity index (χ1) is 16.8. The van der Waals surface area contributed by atoms with Gasteiger partial charge in [-0.1, -0.05) is 108 Å². The van der Waals surface area contributed by atoms with Gasteiger partial charge in [-0.25, -0.2) is 0 Å². The smallest absolute Gasteiger partial charge is 0.210 e. The van der Waals surface area contributed by atoms with Gasteiger partial charge in [0.2, 0.25) is 5.78 Å². The van der Waals surface area contributed by atoms with Gasteiger partial charge in [0.1, 0.15) is 0 Å². The molecule has 0 fully saturated rings. The number of carbonyl (C=O) groups is 1. The Labute approximate surface area is 216 Å². The monoisotopic (exact) mass is 477 g/mol. The van der Waals surface area contributed by atoms with Crippen molar-refractivity contribution in [3.63, 3.8) is 0 Å². The summed E-state index contributed by atoms with van der Waals surface area (Å²) in [6, 6.07) is 23.6. The largest absolute Gasteiger partial charge is 0.351 e. The highest BCUT2D eigenvalue weighted by Gasteiger charge is 2.23. The second-order valence-electron chi connectivity index (χ2n) is 12.2. The van der Waals surface area contributed by atoms with E-state index in [0.717, 1.165) is 39.1 Å². The van der Waals surface area contributed by atoms with Crippen molar-refractivity contribution in [2.45, 2.75) is 73.1 Å². The van der Waals surface area contributed by atoms with Crippen LogP contribution in [-0.4, -0.2) is 10.8 Å². The van der Waals surface area contributed by atoms with Crippen molar-refractivity contribution in [2.75, 3.05) is 0 Å². The molecule has 1 heterocycles. The third kappa shape index (κ3) is 5.09. The summed E-state index contributed by atoms with van der Waals surface area (Å²) in [5, 5.41) is 0. The van der Waals surface area contributed by atoms with Crippen molar-refractivity contribution >= 4 is 5.78 Å². The Bertz CT molecular complexity index is 1380. The van der Waals surface area contributed by atoms with Gasteiger partial charge in [-0.05, 0) is 71.0 Å². The molecule has 0 unspecified atom stereocenters. The van der Waals surface area contributed by atoms with Crippen molar-refractivity contribution in [3.05, 3.63) is 106 Å². The summed E-state index contributed by atoms with van der Waals surface area (Å²) in [7, 11) is 0. The first-order valence-corrected chi connectivity index (χ1v) is 12.8. The maximum atomic E-state index is 14.0. The fraction of sp³-hybridized carbons (Fsp3) is 0.324. The fourth-order valence-electron chi connectivity index (χ4n) is 4.98. The Morgan fingerprint density at radius 2 is 1.08 bits per heavy atom. The molecule has 0 aliphatic heterocycles. The number of aromatic amines is 1. The van der Waals surface area contributed by atoms with Crippen molar-refractivity contribution in [1.29, 1.82) is 0 Å². The molecule has 1 aromatic heterocycles. The Morgan fingerprint density at radius 1 is 0.639 bits per heavy atom. The van der Waals surface area contributed by atoms with E-state index < -0.39 is 0 Å². The minimum Gasteiger partial charge on any atom is -0.351 e. The van der Waals surface area contributed by atoms with Crippen LogP contribution in [0.5, 0.6) is 0 Å². The molecule has 0 spiro atoms. The standard InChI is InChI=1S/C34H39NO/c1-21-18-22(2)30(23(3)19-21)32(36)31-28(24-10-14-26(15-11-24)33(4,5)6)20-29(35-31)25-12-16-27(17-13-25)34(7,8)9/h10-20,35H,1-9H3. The number of carbonyl (C=O) groups excluding carboxylic acids is 1. The van der Waals surface area contributed by atoms with E-state index in [0.29, 0.717) is 5.69 Å². The SMILES string of the molecule is Cc1cc(C)c(C(=O)c2[nH]c(-c3ccc(C(C)(C)C)cc3)cc2-c2ccc(C(C)(C)C)cc2)c(C)c1. The van der Waals surface area contributed by atoms with Crippen LogP contribution in [0, 0.1) is 20.8 Å². The van der Waals surface area contributed by atoms with Gasteiger partial charge >= 0.3 is 0 Å². The predicted octanol–water partition coefficient (Wildman–Crippen LogP) is 9.10. The summed E-state index contributed by atoms with van der Waals surface area (Å²) in [6.45, 7) is 19.4. The van der Waals surface area contributed by atoms with Gasteiger partial charge in [-0.2, -0.15) is 0 Å². The van der Waals surface area contributed by atoms with Gasteiger partial charge in [-0.15, -0.1) is 0 Å². The van der Waals surface area contributed by atoms with Crippen LogP contribution in [0.25, 0.3) is 22.4 Å². The zero-order valence-electron chi connectivity index (χ0n) is 23.3. The van der Waals surface area contributed by atoms with Gasteiger partial charge in [0, 0.05) is 16.8 Å². The normalized spacial score (nSPS) is 12.1. The molecule has 186 valence electrons. The summed E-state index contributed by atoms with van der Waals surface area (Å²) in [6.07, 6.45) is 0. The lowest BCUT2D eigenvalue weighted by Crippen LogP contribution is -2.11. The molecule has 2 heteroatoms. The van der Waals surface area contributed by atoms with Crippen LogP contribution in [0.15, 0.2) is 66.7 Å². The van der Waals surface area contributed by atoms with Crippen molar-refractivity contribution in [3.8, 4) is 22.4 Å². The topological polar surface area (TPSA) is 32.9 Å². The van der Waals surface area contributed by atoms with E-state index in [9.17, 15) is 4.79 Å². The number of hydrogen-bond donors (Lipinski definition) is 1. The Hall–Kier alpha value is -3.39. The summed E-state index contributed by atoms with van der Waals surface area (Å²) < 4.78 is 0. The third-order valence-electron chi connectivity index (χ3n) is 7.07.